The van der Waals surface area contributed by atoms with Crippen LogP contribution in [0.15, 0.2) is 30.4 Å². The Bertz CT molecular complexity index is 624. The molecule has 0 N–H and O–H groups in total. The highest BCUT2D eigenvalue weighted by molar-refractivity contribution is 6.30. The monoisotopic (exact) mass is 321 g/mol. The van der Waals surface area contributed by atoms with Crippen molar-refractivity contribution in [1.82, 2.24) is 0 Å². The number of alkyl halides is 1. The molecule has 1 aliphatic heterocycles. The summed E-state index contributed by atoms with van der Waals surface area (Å²) in [7, 11) is 0. The van der Waals surface area contributed by atoms with E-state index in [1.54, 1.807) is 23.1 Å². The highest BCUT2D eigenvalue weighted by Gasteiger charge is 2.36. The lowest BCUT2D eigenvalue weighted by molar-refractivity contribution is -0.128. The molecule has 118 valence electrons. The fourth-order valence-electron chi connectivity index (χ4n) is 2.39. The van der Waals surface area contributed by atoms with Crippen molar-refractivity contribution in [3.8, 4) is 5.75 Å². The first-order chi connectivity index (χ1) is 10.3. The molecule has 1 unspecified atom stereocenters. The van der Waals surface area contributed by atoms with Gasteiger partial charge in [0.05, 0.1) is 11.6 Å². The molecule has 1 aromatic carbocycles. The predicted octanol–water partition coefficient (Wildman–Crippen LogP) is 3.43. The molecule has 0 bridgehead atoms. The fourth-order valence-corrected chi connectivity index (χ4v) is 2.55. The molecule has 1 atom stereocenters. The van der Waals surface area contributed by atoms with E-state index in [1.807, 2.05) is 20.8 Å². The molecule has 0 radical (unpaired) electrons. The van der Waals surface area contributed by atoms with E-state index in [2.05, 4.69) is 6.58 Å². The van der Waals surface area contributed by atoms with Gasteiger partial charge in [0, 0.05) is 12.1 Å². The van der Waals surface area contributed by atoms with Crippen LogP contribution in [0.25, 0.3) is 0 Å². The molecular weight excluding hydrogens is 302 g/mol. The lowest BCUT2D eigenvalue weighted by Gasteiger charge is -2.36. The molecular formula is C17H20ClNO3. The number of fused-ring (bicyclic) bond motifs is 1. The summed E-state index contributed by atoms with van der Waals surface area (Å²) in [6, 6.07) is 5.06. The van der Waals surface area contributed by atoms with E-state index in [-0.39, 0.29) is 23.5 Å². The third-order valence-electron chi connectivity index (χ3n) is 3.49. The minimum absolute atomic E-state index is 0.0532. The number of carbonyl (C=O) groups excluding carboxylic acids is 2. The van der Waals surface area contributed by atoms with Crippen molar-refractivity contribution in [2.45, 2.75) is 26.9 Å². The molecule has 0 spiro atoms. The summed E-state index contributed by atoms with van der Waals surface area (Å²) in [5.41, 5.74) is 1.93. The van der Waals surface area contributed by atoms with Crippen LogP contribution in [0.2, 0.25) is 0 Å². The van der Waals surface area contributed by atoms with Crippen molar-refractivity contribution in [2.75, 3.05) is 17.3 Å². The Hall–Kier alpha value is -1.81. The van der Waals surface area contributed by atoms with E-state index in [0.29, 0.717) is 23.5 Å². The summed E-state index contributed by atoms with van der Waals surface area (Å²) in [6.45, 7) is 10.0. The Kier molecular flexibility index (Phi) is 4.91. The molecule has 0 aliphatic carbocycles. The SMILES string of the molecule is C=C(C)CN1C(=O)C(C(C)C)Oc2ccc(C(=O)CCl)cc21. The van der Waals surface area contributed by atoms with Crippen LogP contribution in [0.3, 0.4) is 0 Å². The molecule has 22 heavy (non-hydrogen) atoms. The summed E-state index contributed by atoms with van der Waals surface area (Å²) in [6.07, 6.45) is -0.526. The number of anilines is 1. The van der Waals surface area contributed by atoms with Crippen LogP contribution in [0.5, 0.6) is 5.75 Å². The Balaban J connectivity index is 2.50. The number of carbonyl (C=O) groups is 2. The van der Waals surface area contributed by atoms with E-state index in [1.165, 1.54) is 0 Å². The third kappa shape index (κ3) is 3.17. The maximum absolute atomic E-state index is 12.7. The molecule has 0 aromatic heterocycles. The van der Waals surface area contributed by atoms with Gasteiger partial charge in [-0.05, 0) is 31.0 Å². The van der Waals surface area contributed by atoms with Gasteiger partial charge in [-0.3, -0.25) is 9.59 Å². The largest absolute Gasteiger partial charge is 0.478 e. The second kappa shape index (κ2) is 6.53. The lowest BCUT2D eigenvalue weighted by atomic mass is 10.0. The van der Waals surface area contributed by atoms with E-state index >= 15 is 0 Å². The second-order valence-electron chi connectivity index (χ2n) is 5.90. The molecule has 0 saturated heterocycles. The van der Waals surface area contributed by atoms with Crippen molar-refractivity contribution in [2.24, 2.45) is 5.92 Å². The van der Waals surface area contributed by atoms with Gasteiger partial charge in [0.1, 0.15) is 5.75 Å². The van der Waals surface area contributed by atoms with Crippen LogP contribution >= 0.6 is 11.6 Å². The van der Waals surface area contributed by atoms with Gasteiger partial charge in [-0.15, -0.1) is 11.6 Å². The van der Waals surface area contributed by atoms with Gasteiger partial charge >= 0.3 is 0 Å². The van der Waals surface area contributed by atoms with Crippen LogP contribution in [0.1, 0.15) is 31.1 Å². The van der Waals surface area contributed by atoms with E-state index < -0.39 is 6.10 Å². The van der Waals surface area contributed by atoms with Crippen molar-refractivity contribution in [3.05, 3.63) is 35.9 Å². The van der Waals surface area contributed by atoms with E-state index in [0.717, 1.165) is 5.57 Å². The number of ketones is 1. The molecule has 1 amide bonds. The molecule has 5 heteroatoms. The number of ether oxygens (including phenoxy) is 1. The van der Waals surface area contributed by atoms with Crippen molar-refractivity contribution >= 4 is 29.0 Å². The third-order valence-corrected chi connectivity index (χ3v) is 3.73. The van der Waals surface area contributed by atoms with Crippen LogP contribution in [-0.4, -0.2) is 30.2 Å². The molecule has 4 nitrogen and oxygen atoms in total. The van der Waals surface area contributed by atoms with Crippen molar-refractivity contribution < 1.29 is 14.3 Å². The van der Waals surface area contributed by atoms with Gasteiger partial charge in [-0.2, -0.15) is 0 Å². The van der Waals surface area contributed by atoms with Crippen LogP contribution in [0, 0.1) is 5.92 Å². The first-order valence-corrected chi connectivity index (χ1v) is 7.74. The van der Waals surface area contributed by atoms with Gasteiger partial charge in [0.15, 0.2) is 11.9 Å². The number of benzene rings is 1. The summed E-state index contributed by atoms with van der Waals surface area (Å²) in [5.74, 6) is 0.269. The molecule has 0 saturated carbocycles. The minimum atomic E-state index is -0.526. The van der Waals surface area contributed by atoms with Crippen molar-refractivity contribution in [3.63, 3.8) is 0 Å². The van der Waals surface area contributed by atoms with Gasteiger partial charge in [-0.1, -0.05) is 26.0 Å². The topological polar surface area (TPSA) is 46.6 Å². The lowest BCUT2D eigenvalue weighted by Crippen LogP contribution is -2.48. The zero-order valence-corrected chi connectivity index (χ0v) is 13.8. The average molecular weight is 322 g/mol. The molecule has 0 fully saturated rings. The maximum Gasteiger partial charge on any atom is 0.268 e. The molecule has 1 heterocycles. The van der Waals surface area contributed by atoms with Gasteiger partial charge in [0.2, 0.25) is 0 Å². The summed E-state index contributed by atoms with van der Waals surface area (Å²) >= 11 is 5.61. The number of hydrogen-bond donors (Lipinski definition) is 0. The summed E-state index contributed by atoms with van der Waals surface area (Å²) in [4.78, 5) is 26.1. The van der Waals surface area contributed by atoms with Gasteiger partial charge < -0.3 is 9.64 Å². The second-order valence-corrected chi connectivity index (χ2v) is 6.17. The summed E-state index contributed by atoms with van der Waals surface area (Å²) < 4.78 is 5.82. The zero-order valence-electron chi connectivity index (χ0n) is 13.1. The standard InChI is InChI=1S/C17H20ClNO3/c1-10(2)9-19-13-7-12(14(20)8-18)5-6-15(13)22-16(11(3)4)17(19)21/h5-7,11,16H,1,8-9H2,2-4H3. The highest BCUT2D eigenvalue weighted by Crippen LogP contribution is 2.37. The smallest absolute Gasteiger partial charge is 0.268 e. The molecule has 1 aromatic rings. The number of nitrogens with zero attached hydrogens (tertiary/aromatic N) is 1. The van der Waals surface area contributed by atoms with Gasteiger partial charge in [0.25, 0.3) is 5.91 Å². The zero-order chi connectivity index (χ0) is 16.4. The fraction of sp³-hybridized carbons (Fsp3) is 0.412. The maximum atomic E-state index is 12.7. The Labute approximate surface area is 135 Å². The number of amides is 1. The van der Waals surface area contributed by atoms with Gasteiger partial charge in [-0.25, -0.2) is 0 Å². The molecule has 2 rings (SSSR count). The molecule has 1 aliphatic rings. The Morgan fingerprint density at radius 3 is 2.68 bits per heavy atom. The summed E-state index contributed by atoms with van der Waals surface area (Å²) in [5, 5.41) is 0. The van der Waals surface area contributed by atoms with Crippen LogP contribution in [0.4, 0.5) is 5.69 Å². The number of hydrogen-bond acceptors (Lipinski definition) is 3. The number of rotatable bonds is 5. The predicted molar refractivity (Wildman–Crippen MR) is 87.9 cm³/mol. The normalized spacial score (nSPS) is 17.2. The number of Topliss-reactive ketones (excluding diaryl/α,β-unsaturated/α-hetero) is 1. The first kappa shape index (κ1) is 16.6. The Morgan fingerprint density at radius 1 is 1.45 bits per heavy atom. The first-order valence-electron chi connectivity index (χ1n) is 7.20. The Morgan fingerprint density at radius 2 is 2.14 bits per heavy atom. The van der Waals surface area contributed by atoms with Crippen LogP contribution < -0.4 is 9.64 Å². The quantitative estimate of drug-likeness (QED) is 0.474. The van der Waals surface area contributed by atoms with Crippen LogP contribution in [-0.2, 0) is 4.79 Å². The minimum Gasteiger partial charge on any atom is -0.478 e. The van der Waals surface area contributed by atoms with Crippen molar-refractivity contribution in [1.29, 1.82) is 0 Å². The number of halogens is 1. The average Bonchev–Trinajstić information content (AvgIpc) is 2.47. The van der Waals surface area contributed by atoms with E-state index in [9.17, 15) is 9.59 Å². The van der Waals surface area contributed by atoms with E-state index in [4.69, 9.17) is 16.3 Å². The highest BCUT2D eigenvalue weighted by atomic mass is 35.5.